The van der Waals surface area contributed by atoms with Crippen molar-refractivity contribution >= 4 is 11.0 Å². The monoisotopic (exact) mass is 240 g/mol. The Morgan fingerprint density at radius 1 is 0.944 bits per heavy atom. The molecule has 0 saturated carbocycles. The van der Waals surface area contributed by atoms with Gasteiger partial charge in [0, 0.05) is 6.07 Å². The number of aromatic amines is 2. The second-order valence-corrected chi connectivity index (χ2v) is 4.06. The average Bonchev–Trinajstić information content (AvgIpc) is 2.77. The van der Waals surface area contributed by atoms with E-state index in [2.05, 4.69) is 9.97 Å². The van der Waals surface area contributed by atoms with Crippen LogP contribution >= 0.6 is 0 Å². The number of fused-ring (bicyclic) bond motifs is 1. The molecule has 4 heteroatoms. The van der Waals surface area contributed by atoms with Crippen LogP contribution in [0.4, 0.5) is 0 Å². The van der Waals surface area contributed by atoms with Crippen LogP contribution in [0.3, 0.4) is 0 Å². The van der Waals surface area contributed by atoms with Gasteiger partial charge in [0.2, 0.25) is 0 Å². The molecule has 0 spiro atoms. The lowest BCUT2D eigenvalue weighted by Gasteiger charge is -2.05. The van der Waals surface area contributed by atoms with Crippen molar-refractivity contribution in [1.29, 1.82) is 0 Å². The molecule has 0 radical (unpaired) electrons. The van der Waals surface area contributed by atoms with Gasteiger partial charge in [-0.25, -0.2) is 4.79 Å². The molecule has 2 N–H and O–H groups in total. The lowest BCUT2D eigenvalue weighted by atomic mass is 10.2. The maximum absolute atomic E-state index is 11.1. The molecule has 0 saturated heterocycles. The lowest BCUT2D eigenvalue weighted by Crippen LogP contribution is -1.99. The summed E-state index contributed by atoms with van der Waals surface area (Å²) in [7, 11) is 0. The molecule has 0 fully saturated rings. The molecule has 1 aromatic heterocycles. The molecule has 1 heterocycles. The summed E-state index contributed by atoms with van der Waals surface area (Å²) in [6, 6.07) is 15.4. The van der Waals surface area contributed by atoms with E-state index < -0.39 is 0 Å². The normalized spacial score (nSPS) is 10.7. The minimum absolute atomic E-state index is 0.204. The Bertz CT molecular complexity index is 713. The highest BCUT2D eigenvalue weighted by Gasteiger charge is 2.00. The molecule has 3 rings (SSSR count). The van der Waals surface area contributed by atoms with Crippen LogP contribution in [-0.4, -0.2) is 9.97 Å². The average molecular weight is 240 g/mol. The molecule has 90 valence electrons. The number of hydrogen-bond donors (Lipinski definition) is 2. The van der Waals surface area contributed by atoms with Gasteiger partial charge < -0.3 is 14.7 Å². The molecule has 18 heavy (non-hydrogen) atoms. The Kier molecular flexibility index (Phi) is 2.61. The third-order valence-corrected chi connectivity index (χ3v) is 2.74. The summed E-state index contributed by atoms with van der Waals surface area (Å²) in [5.74, 6) is 0.738. The first-order chi connectivity index (χ1) is 8.81. The summed E-state index contributed by atoms with van der Waals surface area (Å²) in [4.78, 5) is 16.5. The number of hydrogen-bond acceptors (Lipinski definition) is 2. The Morgan fingerprint density at radius 2 is 1.72 bits per heavy atom. The van der Waals surface area contributed by atoms with Crippen LogP contribution in [0, 0.1) is 0 Å². The first-order valence-corrected chi connectivity index (χ1v) is 5.70. The Hall–Kier alpha value is -2.49. The van der Waals surface area contributed by atoms with Crippen LogP contribution in [0.25, 0.3) is 11.0 Å². The van der Waals surface area contributed by atoms with Gasteiger partial charge in [0.25, 0.3) is 0 Å². The zero-order valence-electron chi connectivity index (χ0n) is 9.64. The minimum Gasteiger partial charge on any atom is -0.489 e. The quantitative estimate of drug-likeness (QED) is 0.738. The maximum atomic E-state index is 11.1. The number of ether oxygens (including phenoxy) is 1. The summed E-state index contributed by atoms with van der Waals surface area (Å²) in [6.45, 7) is 0.515. The van der Waals surface area contributed by atoms with Gasteiger partial charge >= 0.3 is 5.69 Å². The predicted molar refractivity (Wildman–Crippen MR) is 69.7 cm³/mol. The van der Waals surface area contributed by atoms with Crippen molar-refractivity contribution in [3.05, 3.63) is 64.6 Å². The van der Waals surface area contributed by atoms with Gasteiger partial charge in [-0.3, -0.25) is 0 Å². The SMILES string of the molecule is O=c1[nH]c2ccc(OCc3ccccc3)cc2[nH]1. The van der Waals surface area contributed by atoms with E-state index in [1.807, 2.05) is 48.5 Å². The van der Waals surface area contributed by atoms with Crippen molar-refractivity contribution in [1.82, 2.24) is 9.97 Å². The highest BCUT2D eigenvalue weighted by molar-refractivity contribution is 5.75. The molecular weight excluding hydrogens is 228 g/mol. The fraction of sp³-hybridized carbons (Fsp3) is 0.0714. The minimum atomic E-state index is -0.204. The fourth-order valence-electron chi connectivity index (χ4n) is 1.84. The van der Waals surface area contributed by atoms with Gasteiger partial charge in [-0.2, -0.15) is 0 Å². The van der Waals surface area contributed by atoms with Gasteiger partial charge in [0.15, 0.2) is 0 Å². The Balaban J connectivity index is 1.80. The molecule has 4 nitrogen and oxygen atoms in total. The zero-order chi connectivity index (χ0) is 12.4. The molecule has 0 unspecified atom stereocenters. The van der Waals surface area contributed by atoms with Crippen molar-refractivity contribution in [3.63, 3.8) is 0 Å². The Labute approximate surface area is 103 Å². The summed E-state index contributed by atoms with van der Waals surface area (Å²) in [5.41, 5.74) is 2.45. The van der Waals surface area contributed by atoms with E-state index in [-0.39, 0.29) is 5.69 Å². The van der Waals surface area contributed by atoms with Crippen molar-refractivity contribution in [3.8, 4) is 5.75 Å². The Morgan fingerprint density at radius 3 is 2.56 bits per heavy atom. The molecule has 2 aromatic carbocycles. The van der Waals surface area contributed by atoms with Crippen molar-refractivity contribution in [2.45, 2.75) is 6.61 Å². The van der Waals surface area contributed by atoms with E-state index in [1.165, 1.54) is 0 Å². The highest BCUT2D eigenvalue weighted by atomic mass is 16.5. The zero-order valence-corrected chi connectivity index (χ0v) is 9.64. The second-order valence-electron chi connectivity index (χ2n) is 4.06. The highest BCUT2D eigenvalue weighted by Crippen LogP contribution is 2.17. The lowest BCUT2D eigenvalue weighted by molar-refractivity contribution is 0.306. The van der Waals surface area contributed by atoms with E-state index in [4.69, 9.17) is 4.74 Å². The molecule has 0 aliphatic heterocycles. The summed E-state index contributed by atoms with van der Waals surface area (Å²) >= 11 is 0. The molecule has 0 amide bonds. The van der Waals surface area contributed by atoms with Crippen LogP contribution in [0.2, 0.25) is 0 Å². The third kappa shape index (κ3) is 2.13. The number of H-pyrrole nitrogens is 2. The van der Waals surface area contributed by atoms with E-state index in [0.717, 1.165) is 22.3 Å². The van der Waals surface area contributed by atoms with Gasteiger partial charge in [-0.05, 0) is 17.7 Å². The topological polar surface area (TPSA) is 57.9 Å². The number of benzene rings is 2. The summed E-state index contributed by atoms with van der Waals surface area (Å²) in [6.07, 6.45) is 0. The van der Waals surface area contributed by atoms with Crippen molar-refractivity contribution in [2.75, 3.05) is 0 Å². The number of rotatable bonds is 3. The van der Waals surface area contributed by atoms with Crippen molar-refractivity contribution < 1.29 is 4.74 Å². The summed E-state index contributed by atoms with van der Waals surface area (Å²) < 4.78 is 5.67. The molecule has 0 bridgehead atoms. The third-order valence-electron chi connectivity index (χ3n) is 2.74. The first kappa shape index (κ1) is 10.7. The van der Waals surface area contributed by atoms with E-state index in [9.17, 15) is 4.79 Å². The van der Waals surface area contributed by atoms with Crippen LogP contribution in [-0.2, 0) is 6.61 Å². The number of imidazole rings is 1. The number of aromatic nitrogens is 2. The molecule has 0 aliphatic rings. The summed E-state index contributed by atoms with van der Waals surface area (Å²) in [5, 5.41) is 0. The standard InChI is InChI=1S/C14H12N2O2/c17-14-15-12-7-6-11(8-13(12)16-14)18-9-10-4-2-1-3-5-10/h1-8H,9H2,(H2,15,16,17). The molecule has 3 aromatic rings. The molecular formula is C14H12N2O2. The van der Waals surface area contributed by atoms with Crippen molar-refractivity contribution in [2.24, 2.45) is 0 Å². The predicted octanol–water partition coefficient (Wildman–Crippen LogP) is 2.44. The fourth-order valence-corrected chi connectivity index (χ4v) is 1.84. The van der Waals surface area contributed by atoms with Gasteiger partial charge in [-0.15, -0.1) is 0 Å². The second kappa shape index (κ2) is 4.41. The van der Waals surface area contributed by atoms with Gasteiger partial charge in [0.05, 0.1) is 11.0 Å². The van der Waals surface area contributed by atoms with E-state index in [0.29, 0.717) is 6.61 Å². The van der Waals surface area contributed by atoms with Crippen LogP contribution in [0.15, 0.2) is 53.3 Å². The van der Waals surface area contributed by atoms with E-state index >= 15 is 0 Å². The first-order valence-electron chi connectivity index (χ1n) is 5.70. The molecule has 0 atom stereocenters. The van der Waals surface area contributed by atoms with Gasteiger partial charge in [0.1, 0.15) is 12.4 Å². The van der Waals surface area contributed by atoms with Gasteiger partial charge in [-0.1, -0.05) is 30.3 Å². The van der Waals surface area contributed by atoms with Crippen LogP contribution < -0.4 is 10.4 Å². The largest absolute Gasteiger partial charge is 0.489 e. The molecule has 0 aliphatic carbocycles. The van der Waals surface area contributed by atoms with Crippen LogP contribution in [0.5, 0.6) is 5.75 Å². The van der Waals surface area contributed by atoms with Crippen LogP contribution in [0.1, 0.15) is 5.56 Å². The van der Waals surface area contributed by atoms with E-state index in [1.54, 1.807) is 0 Å². The number of nitrogens with one attached hydrogen (secondary N) is 2. The smallest absolute Gasteiger partial charge is 0.323 e. The maximum Gasteiger partial charge on any atom is 0.323 e.